The summed E-state index contributed by atoms with van der Waals surface area (Å²) < 4.78 is 120. The van der Waals surface area contributed by atoms with Crippen LogP contribution in [0.15, 0.2) is 12.1 Å². The van der Waals surface area contributed by atoms with Crippen molar-refractivity contribution in [2.24, 2.45) is 0 Å². The Bertz CT molecular complexity index is 712. The third kappa shape index (κ3) is 5.08. The van der Waals surface area contributed by atoms with Crippen LogP contribution in [0.2, 0.25) is 0 Å². The third-order valence-electron chi connectivity index (χ3n) is 3.33. The quantitative estimate of drug-likeness (QED) is 0.229. The van der Waals surface area contributed by atoms with E-state index in [-0.39, 0.29) is 18.5 Å². The number of hydrogen-bond acceptors (Lipinski definition) is 3. The molecular weight excluding hydrogens is 641 g/mol. The Balaban J connectivity index is 2.82. The monoisotopic (exact) mass is 649 g/mol. The summed E-state index contributed by atoms with van der Waals surface area (Å²) >= 11 is 3.26. The number of benzene rings is 1. The van der Waals surface area contributed by atoms with Crippen molar-refractivity contribution in [3.63, 3.8) is 0 Å². The van der Waals surface area contributed by atoms with Gasteiger partial charge in [0.25, 0.3) is 0 Å². The van der Waals surface area contributed by atoms with E-state index in [2.05, 4.69) is 0 Å². The molecular formula is C14H8F9I2O3-. The normalized spacial score (nSPS) is 13.5. The molecule has 0 aliphatic heterocycles. The second-order valence-electron chi connectivity index (χ2n) is 5.36. The molecule has 3 nitrogen and oxygen atoms in total. The maximum Gasteiger partial charge on any atom is 0.460 e. The average Bonchev–Trinajstić information content (AvgIpc) is 2.51. The first-order valence-electron chi connectivity index (χ1n) is 6.99. The first-order valence-corrected chi connectivity index (χ1v) is 9.15. The molecule has 160 valence electrons. The van der Waals surface area contributed by atoms with Crippen LogP contribution in [0.4, 0.5) is 39.5 Å². The SMILES string of the molecule is O=C([O-])c1cc(I)c(OCCCC(F)(F)C(F)(F)C(F)(F)C(F)(F)F)c(I)c1. The van der Waals surface area contributed by atoms with Crippen LogP contribution in [0.1, 0.15) is 23.2 Å². The summed E-state index contributed by atoms with van der Waals surface area (Å²) in [6, 6.07) is 2.22. The highest BCUT2D eigenvalue weighted by molar-refractivity contribution is 14.1. The van der Waals surface area contributed by atoms with Crippen molar-refractivity contribution in [1.82, 2.24) is 0 Å². The van der Waals surface area contributed by atoms with Gasteiger partial charge >= 0.3 is 23.9 Å². The second-order valence-corrected chi connectivity index (χ2v) is 7.68. The highest BCUT2D eigenvalue weighted by Crippen LogP contribution is 2.54. The van der Waals surface area contributed by atoms with E-state index in [0.29, 0.717) is 0 Å². The first kappa shape index (κ1) is 25.4. The Morgan fingerprint density at radius 1 is 0.929 bits per heavy atom. The lowest BCUT2D eigenvalue weighted by Crippen LogP contribution is -2.60. The Kier molecular flexibility index (Phi) is 7.78. The Morgan fingerprint density at radius 2 is 1.39 bits per heavy atom. The highest BCUT2D eigenvalue weighted by Gasteiger charge is 2.81. The molecule has 0 saturated heterocycles. The van der Waals surface area contributed by atoms with Gasteiger partial charge in [0.1, 0.15) is 5.75 Å². The molecule has 14 heteroatoms. The molecule has 0 atom stereocenters. The van der Waals surface area contributed by atoms with Gasteiger partial charge in [0.15, 0.2) is 0 Å². The number of carbonyl (C=O) groups is 1. The van der Waals surface area contributed by atoms with E-state index in [1.807, 2.05) is 0 Å². The van der Waals surface area contributed by atoms with Gasteiger partial charge in [0.05, 0.1) is 19.7 Å². The number of carboxylic acids is 1. The zero-order valence-corrected chi connectivity index (χ0v) is 17.5. The predicted molar refractivity (Wildman–Crippen MR) is 91.8 cm³/mol. The number of ether oxygens (including phenoxy) is 1. The van der Waals surface area contributed by atoms with Crippen molar-refractivity contribution in [3.05, 3.63) is 24.8 Å². The smallest absolute Gasteiger partial charge is 0.460 e. The molecule has 28 heavy (non-hydrogen) atoms. The molecule has 1 rings (SSSR count). The standard InChI is InChI=1S/C14H9F9I2O3/c15-11(16,12(17,18)13(19,20)14(21,22)23)2-1-3-28-9-7(24)4-6(10(26)27)5-8(9)25/h4-5H,1-3H2,(H,26,27)/p-1. The molecule has 0 fully saturated rings. The third-order valence-corrected chi connectivity index (χ3v) is 4.93. The molecule has 0 aromatic heterocycles. The minimum absolute atomic E-state index is 0.00176. The lowest BCUT2D eigenvalue weighted by Gasteiger charge is -2.33. The van der Waals surface area contributed by atoms with E-state index < -0.39 is 49.4 Å². The van der Waals surface area contributed by atoms with Crippen LogP contribution >= 0.6 is 45.2 Å². The lowest BCUT2D eigenvalue weighted by molar-refractivity contribution is -0.396. The van der Waals surface area contributed by atoms with E-state index in [1.165, 1.54) is 0 Å². The zero-order chi connectivity index (χ0) is 22.1. The summed E-state index contributed by atoms with van der Waals surface area (Å²) in [6.45, 7) is -0.722. The van der Waals surface area contributed by atoms with Gasteiger partial charge in [-0.05, 0) is 69.3 Å². The van der Waals surface area contributed by atoms with Crippen molar-refractivity contribution < 1.29 is 54.2 Å². The fourth-order valence-corrected chi connectivity index (χ4v) is 3.93. The fraction of sp³-hybridized carbons (Fsp3) is 0.500. The van der Waals surface area contributed by atoms with Crippen molar-refractivity contribution in [3.8, 4) is 5.75 Å². The summed E-state index contributed by atoms with van der Waals surface area (Å²) in [4.78, 5) is 10.8. The van der Waals surface area contributed by atoms with Crippen LogP contribution < -0.4 is 9.84 Å². The molecule has 0 spiro atoms. The molecule has 0 radical (unpaired) electrons. The molecule has 0 aliphatic rings. The zero-order valence-electron chi connectivity index (χ0n) is 13.2. The summed E-state index contributed by atoms with van der Waals surface area (Å²) in [5, 5.41) is 10.8. The number of carbonyl (C=O) groups excluding carboxylic acids is 1. The second kappa shape index (κ2) is 8.59. The number of aromatic carboxylic acids is 1. The largest absolute Gasteiger partial charge is 0.545 e. The Labute approximate surface area is 178 Å². The first-order chi connectivity index (χ1) is 12.5. The van der Waals surface area contributed by atoms with Gasteiger partial charge in [-0.3, -0.25) is 0 Å². The molecule has 1 aromatic carbocycles. The van der Waals surface area contributed by atoms with E-state index in [4.69, 9.17) is 4.74 Å². The number of rotatable bonds is 8. The van der Waals surface area contributed by atoms with Gasteiger partial charge < -0.3 is 14.6 Å². The number of halogens is 11. The number of carboxylic acid groups (broad SMARTS) is 1. The van der Waals surface area contributed by atoms with Crippen molar-refractivity contribution in [2.45, 2.75) is 36.8 Å². The van der Waals surface area contributed by atoms with Crippen molar-refractivity contribution in [2.75, 3.05) is 6.61 Å². The lowest BCUT2D eigenvalue weighted by atomic mass is 10.00. The number of hydrogen-bond donors (Lipinski definition) is 0. The van der Waals surface area contributed by atoms with Crippen LogP contribution in [-0.4, -0.2) is 36.5 Å². The topological polar surface area (TPSA) is 49.4 Å². The maximum atomic E-state index is 13.4. The van der Waals surface area contributed by atoms with Gasteiger partial charge in [0, 0.05) is 6.42 Å². The van der Waals surface area contributed by atoms with Gasteiger partial charge in [-0.25, -0.2) is 0 Å². The summed E-state index contributed by atoms with van der Waals surface area (Å²) in [7, 11) is 0. The molecule has 0 heterocycles. The Hall–Kier alpha value is -0.680. The number of alkyl halides is 9. The van der Waals surface area contributed by atoms with E-state index >= 15 is 0 Å². The van der Waals surface area contributed by atoms with Crippen LogP contribution in [0.5, 0.6) is 5.75 Å². The maximum absolute atomic E-state index is 13.4. The average molecular weight is 649 g/mol. The minimum atomic E-state index is -6.92. The highest BCUT2D eigenvalue weighted by atomic mass is 127. The molecule has 0 saturated carbocycles. The van der Waals surface area contributed by atoms with Crippen LogP contribution in [0.3, 0.4) is 0 Å². The fourth-order valence-electron chi connectivity index (χ4n) is 1.85. The molecule has 0 unspecified atom stereocenters. The van der Waals surface area contributed by atoms with Crippen LogP contribution in [0.25, 0.3) is 0 Å². The summed E-state index contributed by atoms with van der Waals surface area (Å²) in [5.74, 6) is -20.7. The molecule has 0 bridgehead atoms. The predicted octanol–water partition coefficient (Wildman–Crippen LogP) is 4.89. The molecule has 0 amide bonds. The van der Waals surface area contributed by atoms with E-state index in [1.54, 1.807) is 45.2 Å². The van der Waals surface area contributed by atoms with E-state index in [0.717, 1.165) is 12.1 Å². The van der Waals surface area contributed by atoms with Crippen molar-refractivity contribution >= 4 is 51.2 Å². The minimum Gasteiger partial charge on any atom is -0.545 e. The molecule has 1 aromatic rings. The van der Waals surface area contributed by atoms with Gasteiger partial charge in [0.2, 0.25) is 0 Å². The molecule has 0 aliphatic carbocycles. The summed E-state index contributed by atoms with van der Waals surface area (Å²) in [6.07, 6.45) is -9.84. The Morgan fingerprint density at radius 3 is 1.79 bits per heavy atom. The van der Waals surface area contributed by atoms with Crippen LogP contribution in [-0.2, 0) is 0 Å². The van der Waals surface area contributed by atoms with Gasteiger partial charge in [-0.15, -0.1) is 0 Å². The van der Waals surface area contributed by atoms with E-state index in [9.17, 15) is 49.4 Å². The van der Waals surface area contributed by atoms with Gasteiger partial charge in [-0.1, -0.05) is 0 Å². The summed E-state index contributed by atoms with van der Waals surface area (Å²) in [5.41, 5.74) is -0.221. The molecule has 0 N–H and O–H groups in total. The van der Waals surface area contributed by atoms with Gasteiger partial charge in [-0.2, -0.15) is 39.5 Å². The van der Waals surface area contributed by atoms with Crippen LogP contribution in [0, 0.1) is 7.14 Å². The van der Waals surface area contributed by atoms with Crippen molar-refractivity contribution in [1.29, 1.82) is 0 Å².